The molecule has 0 saturated heterocycles. The lowest BCUT2D eigenvalue weighted by Gasteiger charge is -2.36. The topological polar surface area (TPSA) is 116 Å². The van der Waals surface area contributed by atoms with Crippen LogP contribution >= 0.6 is 11.3 Å². The van der Waals surface area contributed by atoms with E-state index in [1.807, 2.05) is 13.0 Å². The molecule has 2 aromatic rings. The summed E-state index contributed by atoms with van der Waals surface area (Å²) in [5.74, 6) is -0.0238. The van der Waals surface area contributed by atoms with E-state index in [2.05, 4.69) is 47.4 Å². The molecule has 0 radical (unpaired) electrons. The molecule has 3 atom stereocenters. The average Bonchev–Trinajstić information content (AvgIpc) is 3.44. The number of amides is 4. The number of carbonyl (C=O) groups excluding carboxylic acids is 3. The van der Waals surface area contributed by atoms with Crippen molar-refractivity contribution in [3.63, 3.8) is 0 Å². The smallest absolute Gasteiger partial charge is 0.327 e. The fourth-order valence-corrected chi connectivity index (χ4v) is 6.46. The second kappa shape index (κ2) is 10.1. The van der Waals surface area contributed by atoms with Crippen LogP contribution in [0.3, 0.4) is 0 Å². The van der Waals surface area contributed by atoms with Crippen molar-refractivity contribution in [3.05, 3.63) is 41.4 Å². The second-order valence-electron chi connectivity index (χ2n) is 10.3. The van der Waals surface area contributed by atoms with Crippen molar-refractivity contribution in [2.75, 3.05) is 16.8 Å². The molecule has 0 aromatic carbocycles. The number of urea groups is 1. The van der Waals surface area contributed by atoms with Gasteiger partial charge in [-0.15, -0.1) is 11.3 Å². The van der Waals surface area contributed by atoms with Crippen molar-refractivity contribution in [1.82, 2.24) is 15.6 Å². The summed E-state index contributed by atoms with van der Waals surface area (Å²) in [6, 6.07) is 0.993. The van der Waals surface area contributed by atoms with E-state index in [-0.39, 0.29) is 36.0 Å². The summed E-state index contributed by atoms with van der Waals surface area (Å²) in [6.45, 7) is 10.4. The molecule has 3 aliphatic rings. The second-order valence-corrected chi connectivity index (χ2v) is 11.3. The Hall–Kier alpha value is -3.53. The van der Waals surface area contributed by atoms with Gasteiger partial charge in [0.05, 0.1) is 29.3 Å². The molecule has 4 heterocycles. The number of rotatable bonds is 7. The van der Waals surface area contributed by atoms with Crippen molar-refractivity contribution < 1.29 is 14.4 Å². The van der Waals surface area contributed by atoms with Gasteiger partial charge in [0.25, 0.3) is 5.91 Å². The summed E-state index contributed by atoms with van der Waals surface area (Å²) in [6.07, 6.45) is 8.37. The van der Waals surface area contributed by atoms with Crippen molar-refractivity contribution in [2.24, 2.45) is 10.9 Å². The van der Waals surface area contributed by atoms with E-state index >= 15 is 0 Å². The van der Waals surface area contributed by atoms with Crippen LogP contribution in [0.25, 0.3) is 10.2 Å². The Kier molecular flexibility index (Phi) is 6.85. The largest absolute Gasteiger partial charge is 0.348 e. The number of aliphatic imine (C=N–C) groups is 1. The van der Waals surface area contributed by atoms with Gasteiger partial charge in [0.2, 0.25) is 5.91 Å². The molecule has 37 heavy (non-hydrogen) atoms. The number of hydrogen-bond acceptors (Lipinski definition) is 6. The standard InChI is InChI=1S/C27H32N6O3S/c1-5-21(34)30-17-7-6-8-18(17)31-25(35)24-23-22-19(9-10-28-26(22)37-24)33(27(36)32-23)20-13-29-16(11-14(2)3)12-15(20)4/h5,9-10,12,14,17-18,20H,1,6-8,11,13H2,2-4H3,(H,30,34)(H,31,35)(H,32,36)/t17-,18+,20+/m0/s1. The molecule has 1 aliphatic carbocycles. The molecular weight excluding hydrogens is 488 g/mol. The summed E-state index contributed by atoms with van der Waals surface area (Å²) in [5, 5.41) is 9.73. The first-order valence-corrected chi connectivity index (χ1v) is 13.6. The minimum Gasteiger partial charge on any atom is -0.348 e. The van der Waals surface area contributed by atoms with Crippen LogP contribution < -0.4 is 20.9 Å². The van der Waals surface area contributed by atoms with Crippen molar-refractivity contribution in [3.8, 4) is 0 Å². The lowest BCUT2D eigenvalue weighted by atomic mass is 9.97. The monoisotopic (exact) mass is 520 g/mol. The highest BCUT2D eigenvalue weighted by atomic mass is 32.1. The number of carbonyl (C=O) groups is 3. The number of pyridine rings is 1. The molecular formula is C27H32N6O3S. The zero-order valence-corrected chi connectivity index (χ0v) is 22.2. The predicted octanol–water partition coefficient (Wildman–Crippen LogP) is 4.42. The Bertz CT molecular complexity index is 1340. The van der Waals surface area contributed by atoms with E-state index in [0.717, 1.165) is 48.0 Å². The molecule has 1 saturated carbocycles. The van der Waals surface area contributed by atoms with Crippen LogP contribution in [0.15, 0.2) is 41.6 Å². The predicted molar refractivity (Wildman–Crippen MR) is 148 cm³/mol. The van der Waals surface area contributed by atoms with Gasteiger partial charge in [-0.2, -0.15) is 0 Å². The van der Waals surface area contributed by atoms with Gasteiger partial charge in [0.1, 0.15) is 9.71 Å². The van der Waals surface area contributed by atoms with Gasteiger partial charge in [-0.1, -0.05) is 20.4 Å². The van der Waals surface area contributed by atoms with E-state index in [1.165, 1.54) is 17.4 Å². The van der Waals surface area contributed by atoms with Crippen LogP contribution in [0, 0.1) is 5.92 Å². The van der Waals surface area contributed by atoms with Gasteiger partial charge in [0.15, 0.2) is 0 Å². The van der Waals surface area contributed by atoms with Gasteiger partial charge >= 0.3 is 6.03 Å². The third-order valence-electron chi connectivity index (χ3n) is 7.15. The van der Waals surface area contributed by atoms with Crippen molar-refractivity contribution in [2.45, 2.75) is 64.6 Å². The fourth-order valence-electron chi connectivity index (χ4n) is 5.43. The number of thiophene rings is 1. The third kappa shape index (κ3) is 4.77. The first-order chi connectivity index (χ1) is 17.8. The van der Waals surface area contributed by atoms with Crippen LogP contribution in [0.5, 0.6) is 0 Å². The van der Waals surface area contributed by atoms with Crippen molar-refractivity contribution >= 4 is 56.5 Å². The summed E-state index contributed by atoms with van der Waals surface area (Å²) in [5.41, 5.74) is 3.37. The summed E-state index contributed by atoms with van der Waals surface area (Å²) in [4.78, 5) is 50.8. The molecule has 2 aliphatic heterocycles. The molecule has 1 fully saturated rings. The fraction of sp³-hybridized carbons (Fsp3) is 0.444. The molecule has 2 aromatic heterocycles. The minimum absolute atomic E-state index is 0.152. The summed E-state index contributed by atoms with van der Waals surface area (Å²) < 4.78 is 0. The zero-order valence-electron chi connectivity index (χ0n) is 21.3. The molecule has 3 N–H and O–H groups in total. The van der Waals surface area contributed by atoms with Crippen LogP contribution in [-0.2, 0) is 4.79 Å². The summed E-state index contributed by atoms with van der Waals surface area (Å²) in [7, 11) is 0. The number of anilines is 2. The average molecular weight is 521 g/mol. The van der Waals surface area contributed by atoms with E-state index < -0.39 is 0 Å². The Morgan fingerprint density at radius 1 is 1.30 bits per heavy atom. The summed E-state index contributed by atoms with van der Waals surface area (Å²) >= 11 is 1.26. The molecule has 0 unspecified atom stereocenters. The number of nitrogens with one attached hydrogen (secondary N) is 3. The first kappa shape index (κ1) is 25.1. The Morgan fingerprint density at radius 2 is 2.05 bits per heavy atom. The zero-order chi connectivity index (χ0) is 26.3. The third-order valence-corrected chi connectivity index (χ3v) is 8.24. The van der Waals surface area contributed by atoms with Crippen LogP contribution in [-0.4, -0.2) is 53.2 Å². The van der Waals surface area contributed by atoms with Crippen LogP contribution in [0.2, 0.25) is 0 Å². The number of hydrogen-bond donors (Lipinski definition) is 3. The Labute approximate surface area is 220 Å². The van der Waals surface area contributed by atoms with E-state index in [1.54, 1.807) is 11.1 Å². The van der Waals surface area contributed by atoms with Gasteiger partial charge in [-0.3, -0.25) is 19.5 Å². The highest BCUT2D eigenvalue weighted by Gasteiger charge is 2.38. The molecule has 0 bridgehead atoms. The van der Waals surface area contributed by atoms with Gasteiger partial charge in [-0.05, 0) is 62.3 Å². The molecule has 194 valence electrons. The number of nitrogens with zero attached hydrogens (tertiary/aromatic N) is 3. The first-order valence-electron chi connectivity index (χ1n) is 12.7. The molecule has 10 heteroatoms. The van der Waals surface area contributed by atoms with E-state index in [9.17, 15) is 14.4 Å². The number of aromatic nitrogens is 1. The van der Waals surface area contributed by atoms with Gasteiger partial charge in [-0.25, -0.2) is 9.78 Å². The Balaban J connectivity index is 1.43. The lowest BCUT2D eigenvalue weighted by molar-refractivity contribution is -0.117. The quantitative estimate of drug-likeness (QED) is 0.469. The normalized spacial score (nSPS) is 23.0. The molecule has 9 nitrogen and oxygen atoms in total. The number of dihydropyridines is 1. The van der Waals surface area contributed by atoms with E-state index in [4.69, 9.17) is 4.99 Å². The Morgan fingerprint density at radius 3 is 2.76 bits per heavy atom. The van der Waals surface area contributed by atoms with Gasteiger partial charge in [0, 0.05) is 24.0 Å². The van der Waals surface area contributed by atoms with Crippen molar-refractivity contribution in [1.29, 1.82) is 0 Å². The maximum Gasteiger partial charge on any atom is 0.327 e. The molecule has 0 spiro atoms. The SMILES string of the molecule is C=CC(=O)N[C@H]1CCC[C@H]1NC(=O)c1sc2nccc3c2c1NC(=O)N3[C@@H]1CN=C(CC(C)C)C=C1C. The van der Waals surface area contributed by atoms with Crippen LogP contribution in [0.4, 0.5) is 16.2 Å². The highest BCUT2D eigenvalue weighted by Crippen LogP contribution is 2.45. The number of allylic oxidation sites excluding steroid dienone is 1. The molecule has 4 amide bonds. The van der Waals surface area contributed by atoms with Crippen LogP contribution in [0.1, 0.15) is 56.1 Å². The minimum atomic E-state index is -0.287. The lowest BCUT2D eigenvalue weighted by Crippen LogP contribution is -2.49. The maximum absolute atomic E-state index is 13.5. The maximum atomic E-state index is 13.5. The highest BCUT2D eigenvalue weighted by molar-refractivity contribution is 7.21. The van der Waals surface area contributed by atoms with Gasteiger partial charge < -0.3 is 16.0 Å². The van der Waals surface area contributed by atoms with E-state index in [0.29, 0.717) is 27.9 Å². The molecule has 5 rings (SSSR count).